The van der Waals surface area contributed by atoms with Crippen molar-refractivity contribution in [3.63, 3.8) is 0 Å². The summed E-state index contributed by atoms with van der Waals surface area (Å²) in [5, 5.41) is 3.34. The molecular formula is C22H27FN4O2. The maximum atomic E-state index is 13.3. The number of guanidine groups is 1. The topological polar surface area (TPSA) is 79.9 Å². The summed E-state index contributed by atoms with van der Waals surface area (Å²) >= 11 is 0. The lowest BCUT2D eigenvalue weighted by Gasteiger charge is -2.38. The Morgan fingerprint density at radius 1 is 1.21 bits per heavy atom. The molecule has 0 aromatic heterocycles. The van der Waals surface area contributed by atoms with Crippen LogP contribution in [0.1, 0.15) is 41.4 Å². The highest BCUT2D eigenvalue weighted by atomic mass is 19.1. The van der Waals surface area contributed by atoms with Crippen LogP contribution < -0.4 is 11.1 Å². The Labute approximate surface area is 170 Å². The van der Waals surface area contributed by atoms with E-state index in [0.717, 1.165) is 23.6 Å². The minimum Gasteiger partial charge on any atom is -0.367 e. The summed E-state index contributed by atoms with van der Waals surface area (Å²) in [5.74, 6) is 0.1000. The van der Waals surface area contributed by atoms with Gasteiger partial charge in [-0.25, -0.2) is 9.38 Å². The van der Waals surface area contributed by atoms with Crippen molar-refractivity contribution < 1.29 is 13.9 Å². The van der Waals surface area contributed by atoms with Crippen molar-refractivity contribution in [2.45, 2.75) is 32.6 Å². The summed E-state index contributed by atoms with van der Waals surface area (Å²) in [6, 6.07) is 13.6. The van der Waals surface area contributed by atoms with Gasteiger partial charge in [0.05, 0.1) is 19.2 Å². The monoisotopic (exact) mass is 398 g/mol. The van der Waals surface area contributed by atoms with Gasteiger partial charge in [0.1, 0.15) is 11.9 Å². The number of carbonyl (C=O) groups is 1. The maximum Gasteiger partial charge on any atom is 0.248 e. The van der Waals surface area contributed by atoms with E-state index in [1.165, 1.54) is 12.1 Å². The smallest absolute Gasteiger partial charge is 0.248 e. The fourth-order valence-corrected chi connectivity index (χ4v) is 3.35. The van der Waals surface area contributed by atoms with Crippen LogP contribution in [0.25, 0.3) is 0 Å². The van der Waals surface area contributed by atoms with Crippen LogP contribution in [-0.2, 0) is 11.3 Å². The number of halogens is 1. The van der Waals surface area contributed by atoms with Crippen LogP contribution in [-0.4, -0.2) is 42.5 Å². The highest BCUT2D eigenvalue weighted by molar-refractivity contribution is 5.92. The summed E-state index contributed by atoms with van der Waals surface area (Å²) in [5.41, 5.74) is 7.70. The number of hydrogen-bond donors (Lipinski definition) is 2. The number of benzene rings is 2. The number of nitrogens with zero attached hydrogens (tertiary/aromatic N) is 2. The van der Waals surface area contributed by atoms with E-state index in [1.807, 2.05) is 26.0 Å². The fourth-order valence-electron chi connectivity index (χ4n) is 3.35. The number of carbonyl (C=O) groups excluding carboxylic acids is 1. The van der Waals surface area contributed by atoms with Crippen molar-refractivity contribution in [1.82, 2.24) is 10.2 Å². The number of nitrogens with one attached hydrogen (secondary N) is 1. The van der Waals surface area contributed by atoms with Crippen LogP contribution in [0.4, 0.5) is 4.39 Å². The molecule has 1 aliphatic heterocycles. The largest absolute Gasteiger partial charge is 0.367 e. The lowest BCUT2D eigenvalue weighted by atomic mass is 10.1. The first-order valence-electron chi connectivity index (χ1n) is 9.79. The standard InChI is InChI=1S/C22H27FN4O2/c1-3-25-22(26-12-16-4-6-18(7-5-16)21(24)28)27-13-15(2)29-20(14-27)17-8-10-19(23)11-9-17/h4-11,15,20H,3,12-14H2,1-2H3,(H2,24,28)(H,25,26). The zero-order valence-corrected chi connectivity index (χ0v) is 16.8. The van der Waals surface area contributed by atoms with E-state index in [1.54, 1.807) is 24.3 Å². The summed E-state index contributed by atoms with van der Waals surface area (Å²) in [6.07, 6.45) is -0.143. The van der Waals surface area contributed by atoms with Crippen molar-refractivity contribution in [3.05, 3.63) is 71.0 Å². The molecule has 154 valence electrons. The molecular weight excluding hydrogens is 371 g/mol. The molecule has 0 aliphatic carbocycles. The molecule has 7 heteroatoms. The number of primary amides is 1. The predicted molar refractivity (Wildman–Crippen MR) is 111 cm³/mol. The molecule has 1 fully saturated rings. The van der Waals surface area contributed by atoms with Gasteiger partial charge in [-0.2, -0.15) is 0 Å². The van der Waals surface area contributed by atoms with Crippen LogP contribution in [0.2, 0.25) is 0 Å². The highest BCUT2D eigenvalue weighted by Crippen LogP contribution is 2.25. The predicted octanol–water partition coefficient (Wildman–Crippen LogP) is 2.85. The number of rotatable bonds is 5. The first-order chi connectivity index (χ1) is 14.0. The van der Waals surface area contributed by atoms with E-state index in [4.69, 9.17) is 15.5 Å². The second-order valence-electron chi connectivity index (χ2n) is 7.12. The van der Waals surface area contributed by atoms with Gasteiger partial charge in [0, 0.05) is 18.7 Å². The Bertz CT molecular complexity index is 852. The number of ether oxygens (including phenoxy) is 1. The number of amides is 1. The number of nitrogens with two attached hydrogens (primary N) is 1. The Balaban J connectivity index is 1.74. The molecule has 6 nitrogen and oxygen atoms in total. The van der Waals surface area contributed by atoms with Crippen LogP contribution in [0.15, 0.2) is 53.5 Å². The number of morpholine rings is 1. The zero-order chi connectivity index (χ0) is 20.8. The van der Waals surface area contributed by atoms with Gasteiger partial charge in [0.2, 0.25) is 5.91 Å². The minimum atomic E-state index is -0.442. The summed E-state index contributed by atoms with van der Waals surface area (Å²) in [6.45, 7) is 6.61. The van der Waals surface area contributed by atoms with Gasteiger partial charge in [-0.3, -0.25) is 4.79 Å². The Kier molecular flexibility index (Phi) is 6.82. The van der Waals surface area contributed by atoms with E-state index in [2.05, 4.69) is 10.2 Å². The minimum absolute atomic E-state index is 0.0116. The van der Waals surface area contributed by atoms with Gasteiger partial charge in [-0.05, 0) is 49.2 Å². The quantitative estimate of drug-likeness (QED) is 0.600. The summed E-state index contributed by atoms with van der Waals surface area (Å²) in [4.78, 5) is 18.1. The highest BCUT2D eigenvalue weighted by Gasteiger charge is 2.28. The average Bonchev–Trinajstić information content (AvgIpc) is 2.71. The molecule has 0 spiro atoms. The van der Waals surface area contributed by atoms with Gasteiger partial charge >= 0.3 is 0 Å². The van der Waals surface area contributed by atoms with Gasteiger partial charge in [0.15, 0.2) is 5.96 Å². The number of hydrogen-bond acceptors (Lipinski definition) is 3. The molecule has 0 saturated carbocycles. The molecule has 1 amide bonds. The molecule has 3 rings (SSSR count). The lowest BCUT2D eigenvalue weighted by molar-refractivity contribution is -0.0605. The van der Waals surface area contributed by atoms with Gasteiger partial charge in [-0.15, -0.1) is 0 Å². The molecule has 2 aromatic carbocycles. The maximum absolute atomic E-state index is 13.3. The third kappa shape index (κ3) is 5.54. The zero-order valence-electron chi connectivity index (χ0n) is 16.8. The normalized spacial score (nSPS) is 19.8. The van der Waals surface area contributed by atoms with Crippen LogP contribution in [0, 0.1) is 5.82 Å². The van der Waals surface area contributed by atoms with Crippen molar-refractivity contribution in [1.29, 1.82) is 0 Å². The first-order valence-corrected chi connectivity index (χ1v) is 9.79. The van der Waals surface area contributed by atoms with Crippen LogP contribution in [0.3, 0.4) is 0 Å². The average molecular weight is 398 g/mol. The molecule has 1 saturated heterocycles. The molecule has 2 unspecified atom stereocenters. The number of aliphatic imine (C=N–C) groups is 1. The lowest BCUT2D eigenvalue weighted by Crippen LogP contribution is -2.50. The first kappa shape index (κ1) is 20.8. The molecule has 2 aromatic rings. The Morgan fingerprint density at radius 3 is 2.52 bits per heavy atom. The molecule has 2 atom stereocenters. The van der Waals surface area contributed by atoms with Crippen molar-refractivity contribution in [2.24, 2.45) is 10.7 Å². The molecule has 1 heterocycles. The van der Waals surface area contributed by atoms with Crippen molar-refractivity contribution in [2.75, 3.05) is 19.6 Å². The summed E-state index contributed by atoms with van der Waals surface area (Å²) < 4.78 is 19.3. The Hall–Kier alpha value is -2.93. The van der Waals surface area contributed by atoms with Gasteiger partial charge < -0.3 is 20.7 Å². The van der Waals surface area contributed by atoms with E-state index in [-0.39, 0.29) is 18.0 Å². The van der Waals surface area contributed by atoms with E-state index in [0.29, 0.717) is 25.2 Å². The Morgan fingerprint density at radius 2 is 1.90 bits per heavy atom. The fraction of sp³-hybridized carbons (Fsp3) is 0.364. The second-order valence-corrected chi connectivity index (χ2v) is 7.12. The summed E-state index contributed by atoms with van der Waals surface area (Å²) in [7, 11) is 0. The van der Waals surface area contributed by atoms with Crippen LogP contribution in [0.5, 0.6) is 0 Å². The van der Waals surface area contributed by atoms with Gasteiger partial charge in [-0.1, -0.05) is 24.3 Å². The van der Waals surface area contributed by atoms with Crippen LogP contribution >= 0.6 is 0 Å². The van der Waals surface area contributed by atoms with Crippen molar-refractivity contribution in [3.8, 4) is 0 Å². The molecule has 1 aliphatic rings. The molecule has 29 heavy (non-hydrogen) atoms. The molecule has 0 bridgehead atoms. The molecule has 3 N–H and O–H groups in total. The van der Waals surface area contributed by atoms with E-state index >= 15 is 0 Å². The van der Waals surface area contributed by atoms with Crippen molar-refractivity contribution >= 4 is 11.9 Å². The SMILES string of the molecule is CCNC(=NCc1ccc(C(N)=O)cc1)N1CC(C)OC(c2ccc(F)cc2)C1. The van der Waals surface area contributed by atoms with E-state index < -0.39 is 5.91 Å². The third-order valence-electron chi connectivity index (χ3n) is 4.79. The van der Waals surface area contributed by atoms with Gasteiger partial charge in [0.25, 0.3) is 0 Å². The third-order valence-corrected chi connectivity index (χ3v) is 4.79. The second kappa shape index (κ2) is 9.52. The molecule has 0 radical (unpaired) electrons. The van der Waals surface area contributed by atoms with E-state index in [9.17, 15) is 9.18 Å².